The summed E-state index contributed by atoms with van der Waals surface area (Å²) >= 11 is 0. The van der Waals surface area contributed by atoms with Crippen LogP contribution in [0.25, 0.3) is 0 Å². The molecule has 0 aliphatic carbocycles. The molecule has 0 bridgehead atoms. The van der Waals surface area contributed by atoms with E-state index in [0.29, 0.717) is 25.4 Å². The van der Waals surface area contributed by atoms with Gasteiger partial charge in [0, 0.05) is 12.8 Å². The van der Waals surface area contributed by atoms with Crippen LogP contribution in [-0.2, 0) is 9.53 Å². The number of ether oxygens (including phenoxy) is 2. The number of halogens is 1. The second kappa shape index (κ2) is 15.0. The largest absolute Gasteiger partial charge is 0.494 e. The molecule has 0 N–H and O–H groups in total. The molecule has 168 valence electrons. The van der Waals surface area contributed by atoms with Gasteiger partial charge in [-0.05, 0) is 55.8 Å². The van der Waals surface area contributed by atoms with E-state index in [-0.39, 0.29) is 17.8 Å². The lowest BCUT2D eigenvalue weighted by atomic mass is 9.92. The number of amides is 1. The number of anilines is 1. The molecule has 1 aliphatic rings. The minimum Gasteiger partial charge on any atom is -0.494 e. The fourth-order valence-corrected chi connectivity index (χ4v) is 2.98. The molecule has 1 amide bonds. The number of carbonyl (C=O) groups is 1. The summed E-state index contributed by atoms with van der Waals surface area (Å²) in [7, 11) is 1.67. The average molecular weight is 428 g/mol. The summed E-state index contributed by atoms with van der Waals surface area (Å²) in [6.45, 7) is 9.05. The number of allylic oxidation sites excluding steroid dienone is 1. The van der Waals surface area contributed by atoms with Gasteiger partial charge < -0.3 is 14.4 Å². The molecule has 31 heavy (non-hydrogen) atoms. The van der Waals surface area contributed by atoms with Crippen LogP contribution < -0.4 is 9.64 Å². The molecule has 0 saturated carbocycles. The topological polar surface area (TPSA) is 38.8 Å². The molecule has 0 aromatic heterocycles. The predicted octanol–water partition coefficient (Wildman–Crippen LogP) is 6.19. The number of carbonyl (C=O) groups excluding carboxylic acids is 1. The predicted molar refractivity (Wildman–Crippen MR) is 126 cm³/mol. The van der Waals surface area contributed by atoms with Gasteiger partial charge in [-0.25, -0.2) is 4.39 Å². The first-order chi connectivity index (χ1) is 15.1. The Balaban J connectivity index is 0.000000337. The molecule has 0 spiro atoms. The van der Waals surface area contributed by atoms with Crippen LogP contribution in [0.2, 0.25) is 0 Å². The first kappa shape index (κ1) is 26.1. The van der Waals surface area contributed by atoms with E-state index in [4.69, 9.17) is 9.47 Å². The summed E-state index contributed by atoms with van der Waals surface area (Å²) < 4.78 is 22.5. The molecule has 1 fully saturated rings. The minimum atomic E-state index is -0.233. The highest BCUT2D eigenvalue weighted by atomic mass is 19.1. The molecule has 1 saturated heterocycles. The number of para-hydroxylation sites is 1. The number of nitrogens with zero attached hydrogens (tertiary/aromatic N) is 1. The Labute approximate surface area is 186 Å². The van der Waals surface area contributed by atoms with Crippen molar-refractivity contribution in [2.75, 3.05) is 25.2 Å². The van der Waals surface area contributed by atoms with E-state index in [0.717, 1.165) is 11.3 Å². The van der Waals surface area contributed by atoms with Crippen molar-refractivity contribution in [1.29, 1.82) is 0 Å². The monoisotopic (exact) mass is 427 g/mol. The Kier molecular flexibility index (Phi) is 12.6. The van der Waals surface area contributed by atoms with Gasteiger partial charge in [-0.15, -0.1) is 0 Å². The van der Waals surface area contributed by atoms with Crippen LogP contribution in [-0.4, -0.2) is 32.3 Å². The molecule has 1 unspecified atom stereocenters. The van der Waals surface area contributed by atoms with E-state index >= 15 is 0 Å². The molecule has 5 heteroatoms. The summed E-state index contributed by atoms with van der Waals surface area (Å²) in [5, 5.41) is 0. The van der Waals surface area contributed by atoms with Gasteiger partial charge in [-0.3, -0.25) is 4.79 Å². The Morgan fingerprint density at radius 3 is 2.29 bits per heavy atom. The normalized spacial score (nSPS) is 15.4. The Morgan fingerprint density at radius 1 is 1.13 bits per heavy atom. The number of β-lactam (4-membered cyclic amide) rings is 1. The van der Waals surface area contributed by atoms with Gasteiger partial charge >= 0.3 is 0 Å². The van der Waals surface area contributed by atoms with Crippen molar-refractivity contribution in [3.63, 3.8) is 0 Å². The standard InChI is InChI=1S/C16H19NO2.C8H9FO.C2H6/c1-3-7-13(10-11-19-2)15-12-16(18)17(15)14-8-5-4-6-9-14;1-2-10-8-5-3-7(9)4-6-8;1-2/h3-10,15H,11-12H2,1-2H3;3-6H,2H2,1H3;1-2H3/b7-3-,13-10+;;. The molecule has 1 heterocycles. The van der Waals surface area contributed by atoms with Crippen LogP contribution >= 0.6 is 0 Å². The Morgan fingerprint density at radius 2 is 1.77 bits per heavy atom. The second-order valence-corrected chi connectivity index (χ2v) is 6.37. The first-order valence-electron chi connectivity index (χ1n) is 10.7. The van der Waals surface area contributed by atoms with Crippen LogP contribution in [0, 0.1) is 5.82 Å². The molecular formula is C26H34FNO3. The molecule has 3 rings (SSSR count). The van der Waals surface area contributed by atoms with E-state index in [1.165, 1.54) is 12.1 Å². The molecule has 1 aliphatic heterocycles. The van der Waals surface area contributed by atoms with E-state index in [9.17, 15) is 9.18 Å². The van der Waals surface area contributed by atoms with Gasteiger partial charge in [0.15, 0.2) is 0 Å². The number of hydrogen-bond acceptors (Lipinski definition) is 3. The smallest absolute Gasteiger partial charge is 0.230 e. The number of rotatable bonds is 7. The van der Waals surface area contributed by atoms with E-state index < -0.39 is 0 Å². The highest BCUT2D eigenvalue weighted by molar-refractivity contribution is 6.02. The van der Waals surface area contributed by atoms with E-state index in [1.54, 1.807) is 19.2 Å². The van der Waals surface area contributed by atoms with E-state index in [1.807, 2.05) is 81.2 Å². The van der Waals surface area contributed by atoms with Gasteiger partial charge in [-0.1, -0.05) is 50.3 Å². The maximum Gasteiger partial charge on any atom is 0.230 e. The fourth-order valence-electron chi connectivity index (χ4n) is 2.98. The van der Waals surface area contributed by atoms with Gasteiger partial charge in [0.05, 0.1) is 25.7 Å². The van der Waals surface area contributed by atoms with Crippen LogP contribution in [0.5, 0.6) is 5.75 Å². The van der Waals surface area contributed by atoms with Crippen molar-refractivity contribution in [1.82, 2.24) is 0 Å². The lowest BCUT2D eigenvalue weighted by molar-refractivity contribution is -0.123. The van der Waals surface area contributed by atoms with Gasteiger partial charge in [0.1, 0.15) is 11.6 Å². The number of benzene rings is 2. The van der Waals surface area contributed by atoms with Crippen molar-refractivity contribution < 1.29 is 18.7 Å². The highest BCUT2D eigenvalue weighted by Crippen LogP contribution is 2.32. The summed E-state index contributed by atoms with van der Waals surface area (Å²) in [5.74, 6) is 0.649. The molecule has 2 aromatic carbocycles. The van der Waals surface area contributed by atoms with Gasteiger partial charge in [0.2, 0.25) is 5.91 Å². The van der Waals surface area contributed by atoms with Crippen LogP contribution in [0.3, 0.4) is 0 Å². The van der Waals surface area contributed by atoms with E-state index in [2.05, 4.69) is 0 Å². The molecule has 2 aromatic rings. The van der Waals surface area contributed by atoms with Gasteiger partial charge in [-0.2, -0.15) is 0 Å². The lowest BCUT2D eigenvalue weighted by Gasteiger charge is -2.41. The fraction of sp³-hybridized carbons (Fsp3) is 0.346. The third kappa shape index (κ3) is 8.38. The van der Waals surface area contributed by atoms with Crippen molar-refractivity contribution >= 4 is 11.6 Å². The lowest BCUT2D eigenvalue weighted by Crippen LogP contribution is -2.53. The van der Waals surface area contributed by atoms with Crippen LogP contribution in [0.4, 0.5) is 10.1 Å². The quantitative estimate of drug-likeness (QED) is 0.391. The van der Waals surface area contributed by atoms with Gasteiger partial charge in [0.25, 0.3) is 0 Å². The first-order valence-corrected chi connectivity index (χ1v) is 10.7. The summed E-state index contributed by atoms with van der Waals surface area (Å²) in [6, 6.07) is 15.9. The number of hydrogen-bond donors (Lipinski definition) is 0. The minimum absolute atomic E-state index is 0.126. The summed E-state index contributed by atoms with van der Waals surface area (Å²) in [5.41, 5.74) is 2.09. The second-order valence-electron chi connectivity index (χ2n) is 6.37. The van der Waals surface area contributed by atoms with Crippen molar-refractivity contribution in [2.45, 2.75) is 40.2 Å². The summed E-state index contributed by atoms with van der Waals surface area (Å²) in [4.78, 5) is 13.7. The average Bonchev–Trinajstić information content (AvgIpc) is 2.79. The Bertz CT molecular complexity index is 816. The highest BCUT2D eigenvalue weighted by Gasteiger charge is 2.38. The number of methoxy groups -OCH3 is 1. The Hall–Kier alpha value is -2.92. The molecule has 4 nitrogen and oxygen atoms in total. The van der Waals surface area contributed by atoms with Crippen molar-refractivity contribution in [3.05, 3.63) is 84.2 Å². The third-order valence-electron chi connectivity index (χ3n) is 4.34. The maximum absolute atomic E-state index is 12.3. The zero-order valence-electron chi connectivity index (χ0n) is 19.2. The zero-order valence-corrected chi connectivity index (χ0v) is 19.2. The van der Waals surface area contributed by atoms with Crippen LogP contribution in [0.15, 0.2) is 78.4 Å². The van der Waals surface area contributed by atoms with Crippen molar-refractivity contribution in [2.24, 2.45) is 0 Å². The summed E-state index contributed by atoms with van der Waals surface area (Å²) in [6.07, 6.45) is 6.64. The molecule has 0 radical (unpaired) electrons. The maximum atomic E-state index is 12.3. The SMILES string of the molecule is C/C=C\C(=C/COC)C1CC(=O)N1c1ccccc1.CC.CCOc1ccc(F)cc1. The zero-order chi connectivity index (χ0) is 23.1. The molecular weight excluding hydrogens is 393 g/mol. The molecule has 1 atom stereocenters. The third-order valence-corrected chi connectivity index (χ3v) is 4.34. The van der Waals surface area contributed by atoms with Crippen LogP contribution in [0.1, 0.15) is 34.1 Å². The van der Waals surface area contributed by atoms with Crippen molar-refractivity contribution in [3.8, 4) is 5.75 Å².